The van der Waals surface area contributed by atoms with Gasteiger partial charge in [-0.15, -0.1) is 11.3 Å². The van der Waals surface area contributed by atoms with Crippen LogP contribution >= 0.6 is 11.3 Å². The van der Waals surface area contributed by atoms with E-state index in [9.17, 15) is 9.59 Å². The molecule has 2 aromatic carbocycles. The Balaban J connectivity index is 1.49. The molecule has 3 aromatic rings. The van der Waals surface area contributed by atoms with E-state index < -0.39 is 5.97 Å². The van der Waals surface area contributed by atoms with Gasteiger partial charge in [-0.1, -0.05) is 42.5 Å². The second-order valence-corrected chi connectivity index (χ2v) is 7.72. The van der Waals surface area contributed by atoms with Crippen LogP contribution in [0.3, 0.4) is 0 Å². The van der Waals surface area contributed by atoms with E-state index in [2.05, 4.69) is 4.98 Å². The van der Waals surface area contributed by atoms with Gasteiger partial charge in [0.1, 0.15) is 10.8 Å². The molecule has 0 spiro atoms. The van der Waals surface area contributed by atoms with Gasteiger partial charge < -0.3 is 9.84 Å². The number of ketones is 1. The van der Waals surface area contributed by atoms with Gasteiger partial charge in [0, 0.05) is 11.1 Å². The molecule has 1 N–H and O–H groups in total. The molecule has 1 heterocycles. The molecule has 6 heteroatoms. The summed E-state index contributed by atoms with van der Waals surface area (Å²) in [6.45, 7) is 0.131. The number of carbonyl (C=O) groups excluding carboxylic acids is 1. The van der Waals surface area contributed by atoms with Crippen LogP contribution in [0, 0.1) is 0 Å². The number of fused-ring (bicyclic) bond motifs is 1. The predicted molar refractivity (Wildman–Crippen MR) is 112 cm³/mol. The third kappa shape index (κ3) is 4.43. The first kappa shape index (κ1) is 19.1. The highest BCUT2D eigenvalue weighted by molar-refractivity contribution is 7.17. The fraction of sp³-hybridized carbons (Fsp3) is 0.174. The summed E-state index contributed by atoms with van der Waals surface area (Å²) in [5, 5.41) is 9.54. The normalized spacial score (nSPS) is 14.6. The van der Waals surface area contributed by atoms with Gasteiger partial charge in [-0.25, -0.2) is 4.98 Å². The third-order valence-electron chi connectivity index (χ3n) is 4.65. The maximum atomic E-state index is 13.0. The van der Waals surface area contributed by atoms with Crippen molar-refractivity contribution in [3.63, 3.8) is 0 Å². The van der Waals surface area contributed by atoms with E-state index in [1.165, 1.54) is 11.3 Å². The first-order valence-electron chi connectivity index (χ1n) is 9.35. The number of hydrogen-bond acceptors (Lipinski definition) is 5. The lowest BCUT2D eigenvalue weighted by Gasteiger charge is -2.12. The number of aromatic nitrogens is 1. The van der Waals surface area contributed by atoms with E-state index in [0.29, 0.717) is 12.2 Å². The molecule has 1 aliphatic rings. The lowest BCUT2D eigenvalue weighted by atomic mass is 9.94. The maximum absolute atomic E-state index is 13.0. The van der Waals surface area contributed by atoms with E-state index >= 15 is 0 Å². The number of Topliss-reactive ketones (excluding diaryl/α,β-unsaturated/α-hetero) is 1. The van der Waals surface area contributed by atoms with Gasteiger partial charge >= 0.3 is 5.97 Å². The number of thiazole rings is 1. The number of rotatable bonds is 6. The quantitative estimate of drug-likeness (QED) is 0.592. The van der Waals surface area contributed by atoms with Crippen molar-refractivity contribution in [3.05, 3.63) is 76.3 Å². The third-order valence-corrected chi connectivity index (χ3v) is 5.80. The van der Waals surface area contributed by atoms with Crippen LogP contribution in [0.25, 0.3) is 16.6 Å². The molecule has 5 nitrogen and oxygen atoms in total. The summed E-state index contributed by atoms with van der Waals surface area (Å²) >= 11 is 1.46. The number of carboxylic acid groups (broad SMARTS) is 1. The number of nitrogens with zero attached hydrogens (tertiary/aromatic N) is 1. The summed E-state index contributed by atoms with van der Waals surface area (Å²) in [7, 11) is 0. The van der Waals surface area contributed by atoms with Gasteiger partial charge in [-0.2, -0.15) is 0 Å². The molecule has 0 saturated heterocycles. The second kappa shape index (κ2) is 8.41. The Morgan fingerprint density at radius 3 is 2.59 bits per heavy atom. The van der Waals surface area contributed by atoms with Gasteiger partial charge in [-0.05, 0) is 36.6 Å². The minimum absolute atomic E-state index is 0.0392. The molecule has 0 saturated carbocycles. The predicted octanol–water partition coefficient (Wildman–Crippen LogP) is 4.88. The minimum Gasteiger partial charge on any atom is -0.493 e. The smallest absolute Gasteiger partial charge is 0.306 e. The van der Waals surface area contributed by atoms with Crippen LogP contribution in [0.4, 0.5) is 0 Å². The second-order valence-electron chi connectivity index (χ2n) is 6.72. The molecule has 0 amide bonds. The summed E-state index contributed by atoms with van der Waals surface area (Å²) < 4.78 is 5.40. The number of aryl methyl sites for hydroxylation is 1. The van der Waals surface area contributed by atoms with Crippen LogP contribution in [-0.2, 0) is 11.2 Å². The van der Waals surface area contributed by atoms with Crippen molar-refractivity contribution in [2.75, 3.05) is 6.61 Å². The summed E-state index contributed by atoms with van der Waals surface area (Å²) in [6, 6.07) is 17.2. The van der Waals surface area contributed by atoms with Crippen molar-refractivity contribution < 1.29 is 19.4 Å². The maximum Gasteiger partial charge on any atom is 0.306 e. The zero-order chi connectivity index (χ0) is 20.2. The molecule has 1 aliphatic carbocycles. The molecule has 146 valence electrons. The highest BCUT2D eigenvalue weighted by Gasteiger charge is 2.26. The molecule has 0 unspecified atom stereocenters. The van der Waals surface area contributed by atoms with Crippen molar-refractivity contribution in [2.24, 2.45) is 0 Å². The Hall–Kier alpha value is -3.25. The monoisotopic (exact) mass is 405 g/mol. The Bertz CT molecular complexity index is 1070. The fourth-order valence-corrected chi connectivity index (χ4v) is 4.26. The molecule has 29 heavy (non-hydrogen) atoms. The Morgan fingerprint density at radius 2 is 1.86 bits per heavy atom. The number of hydrogen-bond donors (Lipinski definition) is 1. The summed E-state index contributed by atoms with van der Waals surface area (Å²) in [4.78, 5) is 28.9. The molecular weight excluding hydrogens is 386 g/mol. The van der Waals surface area contributed by atoms with E-state index in [-0.39, 0.29) is 18.8 Å². The van der Waals surface area contributed by atoms with Crippen LogP contribution in [0.2, 0.25) is 0 Å². The van der Waals surface area contributed by atoms with Gasteiger partial charge in [0.2, 0.25) is 5.78 Å². The average molecular weight is 405 g/mol. The lowest BCUT2D eigenvalue weighted by molar-refractivity contribution is -0.137. The number of benzene rings is 2. The summed E-state index contributed by atoms with van der Waals surface area (Å²) in [6.07, 6.45) is 3.30. The van der Waals surface area contributed by atoms with Gasteiger partial charge in [-0.3, -0.25) is 9.59 Å². The van der Waals surface area contributed by atoms with Gasteiger partial charge in [0.05, 0.1) is 23.6 Å². The van der Waals surface area contributed by atoms with Crippen molar-refractivity contribution in [3.8, 4) is 16.3 Å². The first-order chi connectivity index (χ1) is 14.1. The molecule has 0 fully saturated rings. The van der Waals surface area contributed by atoms with E-state index in [0.717, 1.165) is 38.7 Å². The lowest BCUT2D eigenvalue weighted by Crippen LogP contribution is -2.12. The topological polar surface area (TPSA) is 76.5 Å². The van der Waals surface area contributed by atoms with Crippen molar-refractivity contribution in [2.45, 2.75) is 19.3 Å². The van der Waals surface area contributed by atoms with Crippen molar-refractivity contribution >= 4 is 29.2 Å². The molecule has 0 atom stereocenters. The van der Waals surface area contributed by atoms with E-state index in [1.807, 2.05) is 48.5 Å². The molecule has 0 radical (unpaired) electrons. The number of aliphatic carboxylic acids is 1. The SMILES string of the molecule is O=C(O)CCOc1ccc(/C=C2\CCc3nc(-c4ccccc4)sc3C2=O)cc1. The Labute approximate surface area is 172 Å². The largest absolute Gasteiger partial charge is 0.493 e. The molecular formula is C23H19NO4S. The summed E-state index contributed by atoms with van der Waals surface area (Å²) in [5.41, 5.74) is 3.61. The highest BCUT2D eigenvalue weighted by Crippen LogP contribution is 2.35. The van der Waals surface area contributed by atoms with Crippen LogP contribution in [0.5, 0.6) is 5.75 Å². The highest BCUT2D eigenvalue weighted by atomic mass is 32.1. The summed E-state index contributed by atoms with van der Waals surface area (Å²) in [5.74, 6) is -0.228. The van der Waals surface area contributed by atoms with E-state index in [4.69, 9.17) is 9.84 Å². The van der Waals surface area contributed by atoms with Crippen molar-refractivity contribution in [1.82, 2.24) is 4.98 Å². The first-order valence-corrected chi connectivity index (χ1v) is 10.2. The number of allylic oxidation sites excluding steroid dienone is 1. The molecule has 0 bridgehead atoms. The Kier molecular flexibility index (Phi) is 5.53. The standard InChI is InChI=1S/C23H19NO4S/c25-20(26)12-13-28-18-9-6-15(7-10-18)14-17-8-11-19-22(21(17)27)29-23(24-19)16-4-2-1-3-5-16/h1-7,9-10,14H,8,11-13H2,(H,25,26)/b17-14+. The molecule has 0 aliphatic heterocycles. The average Bonchev–Trinajstić information content (AvgIpc) is 3.17. The molecule has 4 rings (SSSR count). The van der Waals surface area contributed by atoms with Gasteiger partial charge in [0.25, 0.3) is 0 Å². The van der Waals surface area contributed by atoms with Crippen LogP contribution < -0.4 is 4.74 Å². The van der Waals surface area contributed by atoms with Crippen LogP contribution in [-0.4, -0.2) is 28.4 Å². The number of carbonyl (C=O) groups is 2. The fourth-order valence-electron chi connectivity index (χ4n) is 3.17. The van der Waals surface area contributed by atoms with Crippen molar-refractivity contribution in [1.29, 1.82) is 0 Å². The van der Waals surface area contributed by atoms with Crippen LogP contribution in [0.15, 0.2) is 60.2 Å². The Morgan fingerprint density at radius 1 is 1.10 bits per heavy atom. The van der Waals surface area contributed by atoms with Crippen LogP contribution in [0.1, 0.15) is 33.8 Å². The number of carboxylic acids is 1. The zero-order valence-electron chi connectivity index (χ0n) is 15.6. The van der Waals surface area contributed by atoms with E-state index in [1.54, 1.807) is 12.1 Å². The molecule has 1 aromatic heterocycles. The zero-order valence-corrected chi connectivity index (χ0v) is 16.4. The number of ether oxygens (including phenoxy) is 1. The van der Waals surface area contributed by atoms with Gasteiger partial charge in [0.15, 0.2) is 0 Å². The minimum atomic E-state index is -0.889.